The van der Waals surface area contributed by atoms with Crippen LogP contribution in [0.15, 0.2) is 42.7 Å². The summed E-state index contributed by atoms with van der Waals surface area (Å²) in [6.07, 6.45) is 11.0. The van der Waals surface area contributed by atoms with Crippen LogP contribution in [0.2, 0.25) is 0 Å². The van der Waals surface area contributed by atoms with E-state index in [9.17, 15) is 9.59 Å². The Bertz CT molecular complexity index is 864. The van der Waals surface area contributed by atoms with Crippen LogP contribution < -0.4 is 4.74 Å². The van der Waals surface area contributed by atoms with E-state index >= 15 is 0 Å². The molecule has 1 fully saturated rings. The average Bonchev–Trinajstić information content (AvgIpc) is 3.36. The minimum absolute atomic E-state index is 0.322. The highest BCUT2D eigenvalue weighted by atomic mass is 16.5. The largest absolute Gasteiger partial charge is 0.494 e. The lowest BCUT2D eigenvalue weighted by molar-refractivity contribution is -0.138. The number of carbonyl (C=O) groups is 2. The van der Waals surface area contributed by atoms with E-state index < -0.39 is 11.9 Å². The van der Waals surface area contributed by atoms with Crippen molar-refractivity contribution in [2.45, 2.75) is 58.4 Å². The third kappa shape index (κ3) is 12.2. The smallest absolute Gasteiger partial charge is 0.331 e. The number of rotatable bonds is 12. The van der Waals surface area contributed by atoms with Crippen LogP contribution in [-0.4, -0.2) is 63.4 Å². The summed E-state index contributed by atoms with van der Waals surface area (Å²) in [6.45, 7) is 6.43. The SMILES string of the molecule is CCCOC(=O)/C=C\C(=O)O.c1cc(CN2CCCCC2)cc(OCCCCc2ncn[nH]2)c1. The zero-order valence-electron chi connectivity index (χ0n) is 19.9. The summed E-state index contributed by atoms with van der Waals surface area (Å²) in [4.78, 5) is 27.1. The summed E-state index contributed by atoms with van der Waals surface area (Å²) in [5.74, 6) is 0.167. The highest BCUT2D eigenvalue weighted by molar-refractivity contribution is 5.90. The Balaban J connectivity index is 0.000000316. The fourth-order valence-corrected chi connectivity index (χ4v) is 3.44. The number of carbonyl (C=O) groups excluding carboxylic acids is 1. The van der Waals surface area contributed by atoms with Gasteiger partial charge in [-0.1, -0.05) is 25.5 Å². The molecule has 0 aliphatic carbocycles. The molecule has 0 amide bonds. The van der Waals surface area contributed by atoms with Crippen LogP contribution in [0.3, 0.4) is 0 Å². The van der Waals surface area contributed by atoms with E-state index in [4.69, 9.17) is 9.84 Å². The molecule has 9 nitrogen and oxygen atoms in total. The number of nitrogens with one attached hydrogen (secondary N) is 1. The zero-order chi connectivity index (χ0) is 24.4. The van der Waals surface area contributed by atoms with Crippen molar-refractivity contribution in [2.75, 3.05) is 26.3 Å². The predicted molar refractivity (Wildman–Crippen MR) is 128 cm³/mol. The maximum Gasteiger partial charge on any atom is 0.331 e. The number of hydrogen-bond acceptors (Lipinski definition) is 7. The number of aliphatic carboxylic acids is 1. The van der Waals surface area contributed by atoms with Crippen molar-refractivity contribution in [1.29, 1.82) is 0 Å². The number of aromatic nitrogens is 3. The molecule has 0 bridgehead atoms. The Morgan fingerprint density at radius 2 is 1.97 bits per heavy atom. The van der Waals surface area contributed by atoms with Gasteiger partial charge in [-0.2, -0.15) is 5.10 Å². The van der Waals surface area contributed by atoms with E-state index in [2.05, 4.69) is 49.1 Å². The van der Waals surface area contributed by atoms with Gasteiger partial charge in [0.15, 0.2) is 0 Å². The first-order chi connectivity index (χ1) is 16.6. The number of H-pyrrole nitrogens is 1. The number of esters is 1. The number of nitrogens with zero attached hydrogens (tertiary/aromatic N) is 3. The van der Waals surface area contributed by atoms with E-state index in [1.54, 1.807) is 6.33 Å². The normalized spacial score (nSPS) is 13.8. The molecule has 1 saturated heterocycles. The molecule has 9 heteroatoms. The van der Waals surface area contributed by atoms with Gasteiger partial charge in [0.2, 0.25) is 0 Å². The third-order valence-corrected chi connectivity index (χ3v) is 5.11. The first-order valence-electron chi connectivity index (χ1n) is 11.9. The van der Waals surface area contributed by atoms with Crippen LogP contribution in [0, 0.1) is 0 Å². The molecule has 1 aromatic carbocycles. The molecule has 0 saturated carbocycles. The maximum atomic E-state index is 10.5. The van der Waals surface area contributed by atoms with Gasteiger partial charge in [0.1, 0.15) is 17.9 Å². The molecule has 2 N–H and O–H groups in total. The standard InChI is InChI=1S/C18H26N4O.C7H10O4/c1-3-10-22(11-4-1)14-16-7-6-8-17(13-16)23-12-5-2-9-18-19-15-20-21-18;1-2-5-11-7(10)4-3-6(8)9/h6-8,13,15H,1-5,9-12,14H2,(H,19,20,21);3-4H,2,5H2,1H3,(H,8,9)/b;4-3-. The van der Waals surface area contributed by atoms with Gasteiger partial charge in [-0.05, 0) is 62.9 Å². The molecular formula is C25H36N4O5. The number of carboxylic acid groups (broad SMARTS) is 1. The predicted octanol–water partition coefficient (Wildman–Crippen LogP) is 3.77. The summed E-state index contributed by atoms with van der Waals surface area (Å²) in [6, 6.07) is 8.54. The molecular weight excluding hydrogens is 436 g/mol. The second kappa shape index (κ2) is 16.4. The minimum atomic E-state index is -1.15. The third-order valence-electron chi connectivity index (χ3n) is 5.11. The first-order valence-corrected chi connectivity index (χ1v) is 11.9. The lowest BCUT2D eigenvalue weighted by Gasteiger charge is -2.26. The quantitative estimate of drug-likeness (QED) is 0.272. The van der Waals surface area contributed by atoms with E-state index in [0.29, 0.717) is 6.61 Å². The van der Waals surface area contributed by atoms with Gasteiger partial charge in [-0.15, -0.1) is 0 Å². The Kier molecular flexibility index (Phi) is 13.1. The van der Waals surface area contributed by atoms with Gasteiger partial charge in [0, 0.05) is 25.1 Å². The van der Waals surface area contributed by atoms with Gasteiger partial charge in [0.05, 0.1) is 13.2 Å². The molecule has 3 rings (SSSR count). The van der Waals surface area contributed by atoms with Crippen LogP contribution in [0.5, 0.6) is 5.75 Å². The second-order valence-electron chi connectivity index (χ2n) is 8.06. The van der Waals surface area contributed by atoms with Crippen LogP contribution in [0.25, 0.3) is 0 Å². The molecule has 1 aliphatic heterocycles. The van der Waals surface area contributed by atoms with Crippen molar-refractivity contribution in [3.63, 3.8) is 0 Å². The zero-order valence-corrected chi connectivity index (χ0v) is 19.9. The molecule has 0 unspecified atom stereocenters. The Labute approximate surface area is 201 Å². The van der Waals surface area contributed by atoms with Gasteiger partial charge in [-0.3, -0.25) is 10.00 Å². The molecule has 2 aromatic rings. The monoisotopic (exact) mass is 472 g/mol. The Morgan fingerprint density at radius 3 is 2.68 bits per heavy atom. The second-order valence-corrected chi connectivity index (χ2v) is 8.06. The van der Waals surface area contributed by atoms with E-state index in [1.807, 2.05) is 6.92 Å². The lowest BCUT2D eigenvalue weighted by Crippen LogP contribution is -2.29. The Morgan fingerprint density at radius 1 is 1.15 bits per heavy atom. The fraction of sp³-hybridized carbons (Fsp3) is 0.520. The first kappa shape index (κ1) is 27.0. The molecule has 1 aromatic heterocycles. The van der Waals surface area contributed by atoms with Crippen molar-refractivity contribution >= 4 is 11.9 Å². The summed E-state index contributed by atoms with van der Waals surface area (Å²) >= 11 is 0. The van der Waals surface area contributed by atoms with Crippen molar-refractivity contribution in [1.82, 2.24) is 20.1 Å². The number of unbranched alkanes of at least 4 members (excludes halogenated alkanes) is 1. The van der Waals surface area contributed by atoms with Crippen molar-refractivity contribution < 1.29 is 24.2 Å². The van der Waals surface area contributed by atoms with Crippen LogP contribution >= 0.6 is 0 Å². The van der Waals surface area contributed by atoms with Gasteiger partial charge in [-0.25, -0.2) is 14.6 Å². The average molecular weight is 473 g/mol. The van der Waals surface area contributed by atoms with Gasteiger partial charge < -0.3 is 14.6 Å². The number of benzene rings is 1. The molecule has 34 heavy (non-hydrogen) atoms. The number of aryl methyl sites for hydroxylation is 1. The highest BCUT2D eigenvalue weighted by Crippen LogP contribution is 2.18. The minimum Gasteiger partial charge on any atom is -0.494 e. The molecule has 0 spiro atoms. The fourth-order valence-electron chi connectivity index (χ4n) is 3.44. The van der Waals surface area contributed by atoms with Gasteiger partial charge >= 0.3 is 11.9 Å². The van der Waals surface area contributed by atoms with Crippen molar-refractivity contribution in [2.24, 2.45) is 0 Å². The van der Waals surface area contributed by atoms with Crippen LogP contribution in [-0.2, 0) is 27.3 Å². The number of carboxylic acids is 1. The van der Waals surface area contributed by atoms with E-state index in [-0.39, 0.29) is 0 Å². The molecule has 0 atom stereocenters. The number of likely N-dealkylation sites (tertiary alicyclic amines) is 1. The molecule has 1 aliphatic rings. The highest BCUT2D eigenvalue weighted by Gasteiger charge is 2.10. The summed E-state index contributed by atoms with van der Waals surface area (Å²) < 4.78 is 10.4. The maximum absolute atomic E-state index is 10.5. The number of ether oxygens (including phenoxy) is 2. The van der Waals surface area contributed by atoms with E-state index in [1.165, 1.54) is 37.9 Å². The van der Waals surface area contributed by atoms with Crippen LogP contribution in [0.4, 0.5) is 0 Å². The van der Waals surface area contributed by atoms with Gasteiger partial charge in [0.25, 0.3) is 0 Å². The number of piperidine rings is 1. The molecule has 2 heterocycles. The number of aromatic amines is 1. The van der Waals surface area contributed by atoms with Crippen molar-refractivity contribution in [3.8, 4) is 5.75 Å². The molecule has 0 radical (unpaired) electrons. The molecule has 186 valence electrons. The van der Waals surface area contributed by atoms with Crippen LogP contribution in [0.1, 0.15) is 56.8 Å². The summed E-state index contributed by atoms with van der Waals surface area (Å²) in [7, 11) is 0. The topological polar surface area (TPSA) is 118 Å². The number of hydrogen-bond donors (Lipinski definition) is 2. The summed E-state index contributed by atoms with van der Waals surface area (Å²) in [5, 5.41) is 14.8. The Hall–Kier alpha value is -3.20. The lowest BCUT2D eigenvalue weighted by atomic mass is 10.1. The van der Waals surface area contributed by atoms with E-state index in [0.717, 1.165) is 62.6 Å². The van der Waals surface area contributed by atoms with Crippen molar-refractivity contribution in [3.05, 3.63) is 54.1 Å². The summed E-state index contributed by atoms with van der Waals surface area (Å²) in [5.41, 5.74) is 1.35.